The van der Waals surface area contributed by atoms with Gasteiger partial charge in [0.15, 0.2) is 0 Å². The van der Waals surface area contributed by atoms with Crippen LogP contribution in [0.3, 0.4) is 0 Å². The van der Waals surface area contributed by atoms with Crippen LogP contribution in [0, 0.1) is 0 Å². The first kappa shape index (κ1) is 11.6. The van der Waals surface area contributed by atoms with E-state index < -0.39 is 0 Å². The largest absolute Gasteiger partial charge is 0.497 e. The first-order chi connectivity index (χ1) is 7.79. The third-order valence-electron chi connectivity index (χ3n) is 2.74. The molecule has 16 heavy (non-hydrogen) atoms. The van der Waals surface area contributed by atoms with Crippen LogP contribution in [-0.2, 0) is 0 Å². The molecule has 0 aromatic heterocycles. The molecule has 1 saturated heterocycles. The average Bonchev–Trinajstić information content (AvgIpc) is 2.81. The number of hydrogen-bond acceptors (Lipinski definition) is 3. The van der Waals surface area contributed by atoms with Crippen LogP contribution in [0.5, 0.6) is 11.5 Å². The highest BCUT2D eigenvalue weighted by molar-refractivity contribution is 6.32. The van der Waals surface area contributed by atoms with E-state index in [1.165, 1.54) is 12.8 Å². The van der Waals surface area contributed by atoms with Gasteiger partial charge >= 0.3 is 0 Å². The summed E-state index contributed by atoms with van der Waals surface area (Å²) in [6.07, 6.45) is 2.39. The summed E-state index contributed by atoms with van der Waals surface area (Å²) in [7, 11) is 1.63. The number of methoxy groups -OCH3 is 1. The Kier molecular flexibility index (Phi) is 3.91. The zero-order chi connectivity index (χ0) is 11.4. The molecule has 3 nitrogen and oxygen atoms in total. The molecule has 2 rings (SSSR count). The molecule has 88 valence electrons. The van der Waals surface area contributed by atoms with Gasteiger partial charge in [0, 0.05) is 12.1 Å². The van der Waals surface area contributed by atoms with Crippen molar-refractivity contribution in [1.82, 2.24) is 5.32 Å². The number of rotatable bonds is 4. The highest BCUT2D eigenvalue weighted by atomic mass is 35.5. The minimum Gasteiger partial charge on any atom is -0.497 e. The number of ether oxygens (including phenoxy) is 2. The summed E-state index contributed by atoms with van der Waals surface area (Å²) >= 11 is 6.04. The van der Waals surface area contributed by atoms with Gasteiger partial charge in [0.05, 0.1) is 12.1 Å². The molecule has 0 saturated carbocycles. The van der Waals surface area contributed by atoms with E-state index >= 15 is 0 Å². The molecule has 1 aromatic rings. The van der Waals surface area contributed by atoms with Crippen molar-refractivity contribution in [1.29, 1.82) is 0 Å². The van der Waals surface area contributed by atoms with Gasteiger partial charge in [-0.3, -0.25) is 0 Å². The number of halogens is 1. The van der Waals surface area contributed by atoms with Gasteiger partial charge in [-0.05, 0) is 31.5 Å². The molecule has 1 heterocycles. The average molecular weight is 242 g/mol. The summed E-state index contributed by atoms with van der Waals surface area (Å²) in [6, 6.07) is 5.88. The van der Waals surface area contributed by atoms with Gasteiger partial charge in [-0.2, -0.15) is 0 Å². The second kappa shape index (κ2) is 5.41. The summed E-state index contributed by atoms with van der Waals surface area (Å²) in [4.78, 5) is 0. The van der Waals surface area contributed by atoms with Gasteiger partial charge in [-0.1, -0.05) is 11.6 Å². The Labute approximate surface area is 101 Å². The SMILES string of the molecule is COc1ccc(Cl)c(OCC2CCCN2)c1. The van der Waals surface area contributed by atoms with Gasteiger partial charge in [0.25, 0.3) is 0 Å². The van der Waals surface area contributed by atoms with E-state index in [0.717, 1.165) is 12.3 Å². The fourth-order valence-corrected chi connectivity index (χ4v) is 1.98. The fraction of sp³-hybridized carbons (Fsp3) is 0.500. The van der Waals surface area contributed by atoms with Crippen LogP contribution >= 0.6 is 11.6 Å². The predicted octanol–water partition coefficient (Wildman–Crippen LogP) is 2.48. The Morgan fingerprint density at radius 3 is 3.06 bits per heavy atom. The van der Waals surface area contributed by atoms with Crippen molar-refractivity contribution in [2.24, 2.45) is 0 Å². The van der Waals surface area contributed by atoms with Crippen LogP contribution in [0.4, 0.5) is 0 Å². The Hall–Kier alpha value is -0.930. The Morgan fingerprint density at radius 1 is 1.50 bits per heavy atom. The molecule has 1 fully saturated rings. The maximum Gasteiger partial charge on any atom is 0.141 e. The number of benzene rings is 1. The molecule has 0 spiro atoms. The van der Waals surface area contributed by atoms with Crippen LogP contribution in [0.1, 0.15) is 12.8 Å². The quantitative estimate of drug-likeness (QED) is 0.879. The molecule has 1 atom stereocenters. The predicted molar refractivity (Wildman–Crippen MR) is 64.5 cm³/mol. The van der Waals surface area contributed by atoms with Crippen LogP contribution in [0.15, 0.2) is 18.2 Å². The molecule has 4 heteroatoms. The standard InChI is InChI=1S/C12H16ClNO2/c1-15-10-4-5-11(13)12(7-10)16-8-9-3-2-6-14-9/h4-5,7,9,14H,2-3,6,8H2,1H3. The van der Waals surface area contributed by atoms with Crippen molar-refractivity contribution in [3.05, 3.63) is 23.2 Å². The molecule has 0 aliphatic carbocycles. The molecule has 1 aliphatic rings. The van der Waals surface area contributed by atoms with E-state index in [9.17, 15) is 0 Å². The zero-order valence-corrected chi connectivity index (χ0v) is 10.1. The van der Waals surface area contributed by atoms with Crippen molar-refractivity contribution in [3.8, 4) is 11.5 Å². The monoisotopic (exact) mass is 241 g/mol. The van der Waals surface area contributed by atoms with Crippen molar-refractivity contribution in [3.63, 3.8) is 0 Å². The third-order valence-corrected chi connectivity index (χ3v) is 3.05. The van der Waals surface area contributed by atoms with Crippen LogP contribution in [-0.4, -0.2) is 26.3 Å². The van der Waals surface area contributed by atoms with E-state index in [0.29, 0.717) is 23.4 Å². The second-order valence-electron chi connectivity index (χ2n) is 3.90. The molecule has 1 unspecified atom stereocenters. The van der Waals surface area contributed by atoms with Crippen molar-refractivity contribution in [2.45, 2.75) is 18.9 Å². The highest BCUT2D eigenvalue weighted by Gasteiger charge is 2.15. The summed E-state index contributed by atoms with van der Waals surface area (Å²) in [5.74, 6) is 1.45. The van der Waals surface area contributed by atoms with E-state index in [1.54, 1.807) is 13.2 Å². The lowest BCUT2D eigenvalue weighted by Gasteiger charge is -2.13. The summed E-state index contributed by atoms with van der Waals surface area (Å²) in [6.45, 7) is 1.74. The Balaban J connectivity index is 1.96. The Morgan fingerprint density at radius 2 is 2.38 bits per heavy atom. The molecule has 1 aromatic carbocycles. The zero-order valence-electron chi connectivity index (χ0n) is 9.33. The number of nitrogens with one attached hydrogen (secondary N) is 1. The molecule has 1 aliphatic heterocycles. The minimum atomic E-state index is 0.447. The second-order valence-corrected chi connectivity index (χ2v) is 4.31. The van der Waals surface area contributed by atoms with Crippen molar-refractivity contribution >= 4 is 11.6 Å². The van der Waals surface area contributed by atoms with Gasteiger partial charge in [0.1, 0.15) is 18.1 Å². The van der Waals surface area contributed by atoms with Gasteiger partial charge < -0.3 is 14.8 Å². The van der Waals surface area contributed by atoms with Crippen molar-refractivity contribution < 1.29 is 9.47 Å². The molecule has 1 N–H and O–H groups in total. The maximum atomic E-state index is 6.04. The first-order valence-corrected chi connectivity index (χ1v) is 5.87. The first-order valence-electron chi connectivity index (χ1n) is 5.49. The lowest BCUT2D eigenvalue weighted by Crippen LogP contribution is -2.28. The van der Waals surface area contributed by atoms with Crippen molar-refractivity contribution in [2.75, 3.05) is 20.3 Å². The van der Waals surface area contributed by atoms with Crippen LogP contribution in [0.2, 0.25) is 5.02 Å². The normalized spacial score (nSPS) is 19.8. The lowest BCUT2D eigenvalue weighted by molar-refractivity contribution is 0.276. The Bertz CT molecular complexity index is 351. The van der Waals surface area contributed by atoms with Gasteiger partial charge in [0.2, 0.25) is 0 Å². The fourth-order valence-electron chi connectivity index (χ4n) is 1.81. The molecule has 0 bridgehead atoms. The molecular weight excluding hydrogens is 226 g/mol. The number of hydrogen-bond donors (Lipinski definition) is 1. The smallest absolute Gasteiger partial charge is 0.141 e. The third kappa shape index (κ3) is 2.80. The van der Waals surface area contributed by atoms with Crippen LogP contribution in [0.25, 0.3) is 0 Å². The molecule has 0 radical (unpaired) electrons. The highest BCUT2D eigenvalue weighted by Crippen LogP contribution is 2.29. The topological polar surface area (TPSA) is 30.5 Å². The van der Waals surface area contributed by atoms with Gasteiger partial charge in [-0.15, -0.1) is 0 Å². The van der Waals surface area contributed by atoms with E-state index in [1.807, 2.05) is 12.1 Å². The van der Waals surface area contributed by atoms with E-state index in [4.69, 9.17) is 21.1 Å². The van der Waals surface area contributed by atoms with Crippen LogP contribution < -0.4 is 14.8 Å². The molecule has 0 amide bonds. The lowest BCUT2D eigenvalue weighted by atomic mass is 10.2. The summed E-state index contributed by atoms with van der Waals surface area (Å²) in [5, 5.41) is 4.00. The maximum absolute atomic E-state index is 6.04. The minimum absolute atomic E-state index is 0.447. The summed E-state index contributed by atoms with van der Waals surface area (Å²) in [5.41, 5.74) is 0. The van der Waals surface area contributed by atoms with E-state index in [2.05, 4.69) is 5.32 Å². The van der Waals surface area contributed by atoms with E-state index in [-0.39, 0.29) is 0 Å². The van der Waals surface area contributed by atoms with Gasteiger partial charge in [-0.25, -0.2) is 0 Å². The summed E-state index contributed by atoms with van der Waals surface area (Å²) < 4.78 is 10.8. The molecular formula is C12H16ClNO2.